The molecule has 1 unspecified atom stereocenters. The van der Waals surface area contributed by atoms with Crippen LogP contribution in [-0.2, 0) is 4.79 Å². The van der Waals surface area contributed by atoms with Gasteiger partial charge in [0.15, 0.2) is 0 Å². The molecule has 0 radical (unpaired) electrons. The second-order valence-corrected chi connectivity index (χ2v) is 3.94. The predicted octanol–water partition coefficient (Wildman–Crippen LogP) is 2.94. The van der Waals surface area contributed by atoms with Crippen molar-refractivity contribution >= 4 is 5.78 Å². The summed E-state index contributed by atoms with van der Waals surface area (Å²) in [5.74, 6) is 0.505. The van der Waals surface area contributed by atoms with E-state index in [0.717, 1.165) is 32.1 Å². The molecule has 0 spiro atoms. The van der Waals surface area contributed by atoms with Gasteiger partial charge >= 0.3 is 0 Å². The normalized spacial score (nSPS) is 32.4. The maximum atomic E-state index is 11.5. The van der Waals surface area contributed by atoms with Crippen molar-refractivity contribution in [3.8, 4) is 0 Å². The van der Waals surface area contributed by atoms with Gasteiger partial charge in [-0.25, -0.2) is 0 Å². The molecule has 1 atom stereocenters. The Morgan fingerprint density at radius 1 is 1.45 bits per heavy atom. The number of hydrogen-bond acceptors (Lipinski definition) is 1. The van der Waals surface area contributed by atoms with Crippen molar-refractivity contribution in [2.45, 2.75) is 52.4 Å². The topological polar surface area (TPSA) is 17.1 Å². The molecule has 0 N–H and O–H groups in total. The van der Waals surface area contributed by atoms with Crippen LogP contribution in [-0.4, -0.2) is 5.78 Å². The van der Waals surface area contributed by atoms with Crippen molar-refractivity contribution < 1.29 is 4.79 Å². The molecule has 1 saturated carbocycles. The highest BCUT2D eigenvalue weighted by Gasteiger charge is 2.33. The second kappa shape index (κ2) is 3.38. The minimum absolute atomic E-state index is 0.0486. The van der Waals surface area contributed by atoms with Crippen molar-refractivity contribution in [2.75, 3.05) is 0 Å². The van der Waals surface area contributed by atoms with Crippen LogP contribution in [0.5, 0.6) is 0 Å². The summed E-state index contributed by atoms with van der Waals surface area (Å²) < 4.78 is 0. The minimum Gasteiger partial charge on any atom is -0.299 e. The van der Waals surface area contributed by atoms with Crippen LogP contribution >= 0.6 is 0 Å². The molecular formula is C10H18O. The van der Waals surface area contributed by atoms with Crippen LogP contribution < -0.4 is 0 Å². The monoisotopic (exact) mass is 154 g/mol. The van der Waals surface area contributed by atoms with Crippen molar-refractivity contribution in [1.82, 2.24) is 0 Å². The Morgan fingerprint density at radius 3 is 2.73 bits per heavy atom. The number of rotatable bonds is 2. The van der Waals surface area contributed by atoms with Gasteiger partial charge in [0.1, 0.15) is 5.78 Å². The summed E-state index contributed by atoms with van der Waals surface area (Å²) in [6.45, 7) is 4.30. The molecule has 0 aromatic rings. The van der Waals surface area contributed by atoms with Gasteiger partial charge in [0.2, 0.25) is 0 Å². The summed E-state index contributed by atoms with van der Waals surface area (Å²) in [6.07, 6.45) is 6.56. The molecule has 1 nitrogen and oxygen atoms in total. The van der Waals surface area contributed by atoms with Crippen molar-refractivity contribution in [1.29, 1.82) is 0 Å². The molecule has 0 aliphatic heterocycles. The SMILES string of the molecule is CCCC1(C)CCCCC1=O. The fraction of sp³-hybridized carbons (Fsp3) is 0.900. The van der Waals surface area contributed by atoms with Crippen molar-refractivity contribution in [3.05, 3.63) is 0 Å². The van der Waals surface area contributed by atoms with Gasteiger partial charge < -0.3 is 0 Å². The third kappa shape index (κ3) is 1.82. The summed E-state index contributed by atoms with van der Waals surface area (Å²) in [4.78, 5) is 11.5. The molecule has 1 rings (SSSR count). The Hall–Kier alpha value is -0.330. The predicted molar refractivity (Wildman–Crippen MR) is 46.5 cm³/mol. The zero-order chi connectivity index (χ0) is 8.32. The molecule has 0 amide bonds. The molecule has 0 aromatic heterocycles. The molecule has 1 heteroatoms. The highest BCUT2D eigenvalue weighted by Crippen LogP contribution is 2.36. The van der Waals surface area contributed by atoms with Crippen LogP contribution in [0, 0.1) is 5.41 Å². The van der Waals surface area contributed by atoms with E-state index in [4.69, 9.17) is 0 Å². The lowest BCUT2D eigenvalue weighted by atomic mass is 9.72. The summed E-state index contributed by atoms with van der Waals surface area (Å²) in [5, 5.41) is 0. The van der Waals surface area contributed by atoms with Crippen LogP contribution in [0.1, 0.15) is 52.4 Å². The van der Waals surface area contributed by atoms with Crippen molar-refractivity contribution in [2.24, 2.45) is 5.41 Å². The van der Waals surface area contributed by atoms with Crippen molar-refractivity contribution in [3.63, 3.8) is 0 Å². The smallest absolute Gasteiger partial charge is 0.138 e. The molecule has 1 aliphatic rings. The van der Waals surface area contributed by atoms with Crippen LogP contribution in [0.3, 0.4) is 0 Å². The average molecular weight is 154 g/mol. The third-order valence-electron chi connectivity index (χ3n) is 2.86. The van der Waals surface area contributed by atoms with E-state index in [1.54, 1.807) is 0 Å². The number of ketones is 1. The Kier molecular flexibility index (Phi) is 2.69. The van der Waals surface area contributed by atoms with E-state index >= 15 is 0 Å². The van der Waals surface area contributed by atoms with E-state index in [1.165, 1.54) is 6.42 Å². The Morgan fingerprint density at radius 2 is 2.18 bits per heavy atom. The number of Topliss-reactive ketones (excluding diaryl/α,β-unsaturated/α-hetero) is 1. The fourth-order valence-corrected chi connectivity index (χ4v) is 2.06. The summed E-state index contributed by atoms with van der Waals surface area (Å²) in [6, 6.07) is 0. The average Bonchev–Trinajstić information content (AvgIpc) is 1.96. The Labute approximate surface area is 69.2 Å². The number of hydrogen-bond donors (Lipinski definition) is 0. The molecule has 0 aromatic carbocycles. The van der Waals surface area contributed by atoms with E-state index in [9.17, 15) is 4.79 Å². The lowest BCUT2D eigenvalue weighted by molar-refractivity contribution is -0.130. The van der Waals surface area contributed by atoms with Gasteiger partial charge in [-0.05, 0) is 19.3 Å². The summed E-state index contributed by atoms with van der Waals surface area (Å²) in [7, 11) is 0. The lowest BCUT2D eigenvalue weighted by Crippen LogP contribution is -2.30. The molecule has 0 bridgehead atoms. The number of carbonyl (C=O) groups is 1. The Bertz CT molecular complexity index is 147. The van der Waals surface area contributed by atoms with Gasteiger partial charge in [-0.3, -0.25) is 4.79 Å². The lowest BCUT2D eigenvalue weighted by Gasteiger charge is -2.31. The first-order valence-corrected chi connectivity index (χ1v) is 4.72. The summed E-state index contributed by atoms with van der Waals surface area (Å²) >= 11 is 0. The maximum Gasteiger partial charge on any atom is 0.138 e. The van der Waals surface area contributed by atoms with Crippen LogP contribution in [0.4, 0.5) is 0 Å². The van der Waals surface area contributed by atoms with Gasteiger partial charge in [0.25, 0.3) is 0 Å². The first kappa shape index (κ1) is 8.76. The molecule has 0 heterocycles. The molecule has 1 fully saturated rings. The molecule has 0 saturated heterocycles. The highest BCUT2D eigenvalue weighted by atomic mass is 16.1. The molecule has 1 aliphatic carbocycles. The zero-order valence-corrected chi connectivity index (χ0v) is 7.65. The third-order valence-corrected chi connectivity index (χ3v) is 2.86. The largest absolute Gasteiger partial charge is 0.299 e. The maximum absolute atomic E-state index is 11.5. The minimum atomic E-state index is 0.0486. The summed E-state index contributed by atoms with van der Waals surface area (Å²) in [5.41, 5.74) is 0.0486. The van der Waals surface area contributed by atoms with E-state index in [-0.39, 0.29) is 5.41 Å². The standard InChI is InChI=1S/C10H18O/c1-3-7-10(2)8-5-4-6-9(10)11/h3-8H2,1-2H3. The molecular weight excluding hydrogens is 136 g/mol. The second-order valence-electron chi connectivity index (χ2n) is 3.94. The highest BCUT2D eigenvalue weighted by molar-refractivity contribution is 5.84. The van der Waals surface area contributed by atoms with Gasteiger partial charge in [-0.15, -0.1) is 0 Å². The van der Waals surface area contributed by atoms with Crippen LogP contribution in [0.25, 0.3) is 0 Å². The Balaban J connectivity index is 2.57. The molecule has 11 heavy (non-hydrogen) atoms. The van der Waals surface area contributed by atoms with E-state index in [1.807, 2.05) is 0 Å². The van der Waals surface area contributed by atoms with Crippen LogP contribution in [0.15, 0.2) is 0 Å². The van der Waals surface area contributed by atoms with Gasteiger partial charge in [-0.1, -0.05) is 26.7 Å². The van der Waals surface area contributed by atoms with E-state index in [0.29, 0.717) is 5.78 Å². The van der Waals surface area contributed by atoms with E-state index < -0.39 is 0 Å². The molecule has 64 valence electrons. The van der Waals surface area contributed by atoms with Gasteiger partial charge in [0, 0.05) is 11.8 Å². The van der Waals surface area contributed by atoms with Crippen LogP contribution in [0.2, 0.25) is 0 Å². The van der Waals surface area contributed by atoms with E-state index in [2.05, 4.69) is 13.8 Å². The quantitative estimate of drug-likeness (QED) is 0.597. The fourth-order valence-electron chi connectivity index (χ4n) is 2.06. The number of carbonyl (C=O) groups excluding carboxylic acids is 1. The van der Waals surface area contributed by atoms with Gasteiger partial charge in [-0.2, -0.15) is 0 Å². The van der Waals surface area contributed by atoms with Gasteiger partial charge in [0.05, 0.1) is 0 Å². The first-order chi connectivity index (χ1) is 5.19. The first-order valence-electron chi connectivity index (χ1n) is 4.72. The zero-order valence-electron chi connectivity index (χ0n) is 7.65.